The Labute approximate surface area is 133 Å². The lowest BCUT2D eigenvalue weighted by atomic mass is 9.91. The van der Waals surface area contributed by atoms with Gasteiger partial charge in [0, 0.05) is 26.1 Å². The normalized spacial score (nSPS) is 17.1. The first-order valence-corrected chi connectivity index (χ1v) is 7.37. The third-order valence-electron chi connectivity index (χ3n) is 3.72. The van der Waals surface area contributed by atoms with Crippen LogP contribution >= 0.6 is 0 Å². The Bertz CT molecular complexity index is 608. The summed E-state index contributed by atoms with van der Waals surface area (Å²) in [5.41, 5.74) is -1.83. The Kier molecular flexibility index (Phi) is 5.16. The van der Waals surface area contributed by atoms with Crippen molar-refractivity contribution in [1.82, 2.24) is 5.32 Å². The zero-order valence-electron chi connectivity index (χ0n) is 12.8. The molecule has 0 radical (unpaired) electrons. The van der Waals surface area contributed by atoms with E-state index in [1.807, 2.05) is 6.07 Å². The van der Waals surface area contributed by atoms with Crippen LogP contribution in [0.1, 0.15) is 25.3 Å². The average molecular weight is 324 g/mol. The predicted octanol–water partition coefficient (Wildman–Crippen LogP) is 2.37. The van der Waals surface area contributed by atoms with Crippen LogP contribution in [-0.2, 0) is 15.5 Å². The Morgan fingerprint density at radius 3 is 2.70 bits per heavy atom. The van der Waals surface area contributed by atoms with Gasteiger partial charge in [0.1, 0.15) is 11.3 Å². The Balaban J connectivity index is 2.25. The summed E-state index contributed by atoms with van der Waals surface area (Å²) in [7, 11) is 0. The monoisotopic (exact) mass is 324 g/mol. The molecular formula is C16H18F2N2O3. The van der Waals surface area contributed by atoms with Gasteiger partial charge in [-0.25, -0.2) is 0 Å². The second-order valence-electron chi connectivity index (χ2n) is 5.26. The molecule has 0 spiro atoms. The molecule has 1 heterocycles. The molecule has 0 aliphatic carbocycles. The minimum Gasteiger partial charge on any atom is -0.493 e. The fraction of sp³-hybridized carbons (Fsp3) is 0.500. The van der Waals surface area contributed by atoms with Gasteiger partial charge in [0.05, 0.1) is 18.2 Å². The third kappa shape index (κ3) is 3.59. The molecule has 5 nitrogen and oxygen atoms in total. The summed E-state index contributed by atoms with van der Waals surface area (Å²) in [6.07, 6.45) is 0.358. The molecule has 1 aromatic carbocycles. The van der Waals surface area contributed by atoms with Gasteiger partial charge in [0.2, 0.25) is 0 Å². The van der Waals surface area contributed by atoms with E-state index >= 15 is 0 Å². The minimum absolute atomic E-state index is 0.0480. The number of nitrogens with zero attached hydrogens (tertiary/aromatic N) is 1. The van der Waals surface area contributed by atoms with Crippen LogP contribution in [-0.4, -0.2) is 31.3 Å². The summed E-state index contributed by atoms with van der Waals surface area (Å²) in [6, 6.07) is 7.43. The van der Waals surface area contributed by atoms with Gasteiger partial charge in [0.25, 0.3) is 5.91 Å². The molecule has 1 N–H and O–H groups in total. The van der Waals surface area contributed by atoms with E-state index in [-0.39, 0.29) is 38.4 Å². The van der Waals surface area contributed by atoms with Gasteiger partial charge >= 0.3 is 5.92 Å². The number of halogens is 2. The van der Waals surface area contributed by atoms with E-state index in [9.17, 15) is 18.8 Å². The van der Waals surface area contributed by atoms with E-state index in [4.69, 9.17) is 9.47 Å². The van der Waals surface area contributed by atoms with Crippen molar-refractivity contribution in [1.29, 1.82) is 5.26 Å². The SMILES string of the molecule is CCOc1ccccc1C(F)(F)C(=O)NC1(C#N)CCOCC1. The number of benzene rings is 1. The van der Waals surface area contributed by atoms with Crippen LogP contribution < -0.4 is 10.1 Å². The van der Waals surface area contributed by atoms with Gasteiger partial charge < -0.3 is 14.8 Å². The molecule has 1 amide bonds. The molecule has 0 aromatic heterocycles. The molecule has 0 unspecified atom stereocenters. The van der Waals surface area contributed by atoms with Crippen LogP contribution in [0.15, 0.2) is 24.3 Å². The zero-order chi connectivity index (χ0) is 16.9. The van der Waals surface area contributed by atoms with Crippen LogP contribution in [0.25, 0.3) is 0 Å². The van der Waals surface area contributed by atoms with Gasteiger partial charge in [-0.15, -0.1) is 0 Å². The van der Waals surface area contributed by atoms with Crippen molar-refractivity contribution in [3.8, 4) is 11.8 Å². The predicted molar refractivity (Wildman–Crippen MR) is 78.0 cm³/mol. The first kappa shape index (κ1) is 17.2. The van der Waals surface area contributed by atoms with Crippen LogP contribution in [0, 0.1) is 11.3 Å². The molecule has 2 rings (SSSR count). The van der Waals surface area contributed by atoms with Crippen molar-refractivity contribution in [2.75, 3.05) is 19.8 Å². The molecule has 124 valence electrons. The number of carbonyl (C=O) groups is 1. The number of nitriles is 1. The number of rotatable bonds is 5. The number of hydrogen-bond donors (Lipinski definition) is 1. The number of carbonyl (C=O) groups excluding carboxylic acids is 1. The number of nitrogens with one attached hydrogen (secondary N) is 1. The first-order valence-electron chi connectivity index (χ1n) is 7.37. The van der Waals surface area contributed by atoms with Gasteiger partial charge in [0.15, 0.2) is 0 Å². The Hall–Kier alpha value is -2.20. The standard InChI is InChI=1S/C16H18F2N2O3/c1-2-23-13-6-4-3-5-12(13)16(17,18)14(21)20-15(11-19)7-9-22-10-8-15/h3-6H,2,7-10H2,1H3,(H,20,21). The van der Waals surface area contributed by atoms with Crippen LogP contribution in [0.4, 0.5) is 8.78 Å². The summed E-state index contributed by atoms with van der Waals surface area (Å²) >= 11 is 0. The van der Waals surface area contributed by atoms with E-state index < -0.39 is 22.9 Å². The topological polar surface area (TPSA) is 71.3 Å². The lowest BCUT2D eigenvalue weighted by Gasteiger charge is -2.33. The number of hydrogen-bond acceptors (Lipinski definition) is 4. The highest BCUT2D eigenvalue weighted by molar-refractivity contribution is 5.86. The maximum atomic E-state index is 14.6. The number of amides is 1. The summed E-state index contributed by atoms with van der Waals surface area (Å²) in [6.45, 7) is 2.36. The van der Waals surface area contributed by atoms with Crippen LogP contribution in [0.5, 0.6) is 5.75 Å². The average Bonchev–Trinajstić information content (AvgIpc) is 2.56. The van der Waals surface area contributed by atoms with Crippen molar-refractivity contribution in [2.24, 2.45) is 0 Å². The smallest absolute Gasteiger partial charge is 0.353 e. The molecule has 1 aliphatic rings. The van der Waals surface area contributed by atoms with Crippen molar-refractivity contribution in [3.05, 3.63) is 29.8 Å². The quantitative estimate of drug-likeness (QED) is 0.902. The summed E-state index contributed by atoms with van der Waals surface area (Å²) in [5.74, 6) is -5.35. The molecule has 0 bridgehead atoms. The number of para-hydroxylation sites is 1. The molecule has 0 atom stereocenters. The fourth-order valence-electron chi connectivity index (χ4n) is 2.41. The van der Waals surface area contributed by atoms with Crippen LogP contribution in [0.2, 0.25) is 0 Å². The Morgan fingerprint density at radius 1 is 1.43 bits per heavy atom. The number of alkyl halides is 2. The molecule has 1 aromatic rings. The molecular weight excluding hydrogens is 306 g/mol. The van der Waals surface area contributed by atoms with E-state index in [1.54, 1.807) is 13.0 Å². The van der Waals surface area contributed by atoms with E-state index in [1.165, 1.54) is 12.1 Å². The van der Waals surface area contributed by atoms with Crippen molar-refractivity contribution in [3.63, 3.8) is 0 Å². The molecule has 0 saturated carbocycles. The number of ether oxygens (including phenoxy) is 2. The largest absolute Gasteiger partial charge is 0.493 e. The van der Waals surface area contributed by atoms with Crippen molar-refractivity contribution >= 4 is 5.91 Å². The van der Waals surface area contributed by atoms with Crippen molar-refractivity contribution in [2.45, 2.75) is 31.2 Å². The molecule has 1 saturated heterocycles. The third-order valence-corrected chi connectivity index (χ3v) is 3.72. The van der Waals surface area contributed by atoms with Gasteiger partial charge in [-0.3, -0.25) is 4.79 Å². The highest BCUT2D eigenvalue weighted by Crippen LogP contribution is 2.36. The second-order valence-corrected chi connectivity index (χ2v) is 5.26. The molecule has 7 heteroatoms. The zero-order valence-corrected chi connectivity index (χ0v) is 12.8. The lowest BCUT2D eigenvalue weighted by molar-refractivity contribution is -0.149. The van der Waals surface area contributed by atoms with Gasteiger partial charge in [-0.1, -0.05) is 12.1 Å². The fourth-order valence-corrected chi connectivity index (χ4v) is 2.41. The van der Waals surface area contributed by atoms with Crippen molar-refractivity contribution < 1.29 is 23.0 Å². The van der Waals surface area contributed by atoms with E-state index in [2.05, 4.69) is 5.32 Å². The highest BCUT2D eigenvalue weighted by Gasteiger charge is 2.47. The maximum Gasteiger partial charge on any atom is 0.353 e. The minimum atomic E-state index is -3.80. The summed E-state index contributed by atoms with van der Waals surface area (Å²) < 4.78 is 39.4. The van der Waals surface area contributed by atoms with E-state index in [0.717, 1.165) is 6.07 Å². The first-order chi connectivity index (χ1) is 10.9. The summed E-state index contributed by atoms with van der Waals surface area (Å²) in [4.78, 5) is 12.1. The molecule has 1 aliphatic heterocycles. The van der Waals surface area contributed by atoms with Crippen LogP contribution in [0.3, 0.4) is 0 Å². The molecule has 1 fully saturated rings. The second kappa shape index (κ2) is 6.92. The summed E-state index contributed by atoms with van der Waals surface area (Å²) in [5, 5.41) is 11.5. The lowest BCUT2D eigenvalue weighted by Crippen LogP contribution is -2.54. The van der Waals surface area contributed by atoms with Gasteiger partial charge in [-0.05, 0) is 19.1 Å². The van der Waals surface area contributed by atoms with E-state index in [0.29, 0.717) is 0 Å². The Morgan fingerprint density at radius 2 is 2.09 bits per heavy atom. The highest BCUT2D eigenvalue weighted by atomic mass is 19.3. The van der Waals surface area contributed by atoms with Gasteiger partial charge in [-0.2, -0.15) is 14.0 Å². The molecule has 23 heavy (non-hydrogen) atoms. The maximum absolute atomic E-state index is 14.6.